The summed E-state index contributed by atoms with van der Waals surface area (Å²) >= 11 is 5.97. The number of hydrogen-bond acceptors (Lipinski definition) is 1. The summed E-state index contributed by atoms with van der Waals surface area (Å²) in [7, 11) is 0. The van der Waals surface area contributed by atoms with Crippen LogP contribution in [0.2, 0.25) is 5.02 Å². The van der Waals surface area contributed by atoms with Gasteiger partial charge in [0.15, 0.2) is 0 Å². The molecule has 3 heteroatoms. The van der Waals surface area contributed by atoms with Gasteiger partial charge in [-0.1, -0.05) is 31.0 Å². The molecule has 4 atom stereocenters. The van der Waals surface area contributed by atoms with E-state index in [0.717, 1.165) is 36.3 Å². The average molecular weight is 310 g/mol. The number of nitrogens with one attached hydrogen (secondary N) is 1. The van der Waals surface area contributed by atoms with E-state index in [0.29, 0.717) is 6.04 Å². The maximum absolute atomic E-state index is 13.4. The van der Waals surface area contributed by atoms with Crippen molar-refractivity contribution in [3.05, 3.63) is 34.6 Å². The normalized spacial score (nSPS) is 29.0. The average Bonchev–Trinajstić information content (AvgIpc) is 3.09. The maximum atomic E-state index is 13.4. The molecule has 1 nitrogen and oxygen atoms in total. The van der Waals surface area contributed by atoms with Crippen molar-refractivity contribution in [2.75, 3.05) is 6.54 Å². The van der Waals surface area contributed by atoms with E-state index in [9.17, 15) is 4.39 Å². The van der Waals surface area contributed by atoms with Gasteiger partial charge in [-0.05, 0) is 74.1 Å². The molecule has 116 valence electrons. The number of fused-ring (bicyclic) bond motifs is 2. The maximum Gasteiger partial charge on any atom is 0.141 e. The molecule has 0 aliphatic heterocycles. The van der Waals surface area contributed by atoms with Crippen LogP contribution < -0.4 is 5.32 Å². The lowest BCUT2D eigenvalue weighted by Gasteiger charge is -2.28. The van der Waals surface area contributed by atoms with E-state index in [1.54, 1.807) is 6.07 Å². The minimum Gasteiger partial charge on any atom is -0.310 e. The molecule has 4 unspecified atom stereocenters. The van der Waals surface area contributed by atoms with Gasteiger partial charge in [-0.2, -0.15) is 0 Å². The summed E-state index contributed by atoms with van der Waals surface area (Å²) in [5.41, 5.74) is 1.14. The highest BCUT2D eigenvalue weighted by atomic mass is 35.5. The van der Waals surface area contributed by atoms with E-state index >= 15 is 0 Å². The largest absolute Gasteiger partial charge is 0.310 e. The van der Waals surface area contributed by atoms with E-state index in [1.807, 2.05) is 6.07 Å². The summed E-state index contributed by atoms with van der Waals surface area (Å²) in [6.45, 7) is 3.18. The highest BCUT2D eigenvalue weighted by Gasteiger charge is 2.40. The van der Waals surface area contributed by atoms with Crippen LogP contribution in [-0.4, -0.2) is 6.54 Å². The summed E-state index contributed by atoms with van der Waals surface area (Å²) in [6, 6.07) is 5.51. The lowest BCUT2D eigenvalue weighted by atomic mass is 9.82. The van der Waals surface area contributed by atoms with E-state index in [4.69, 9.17) is 11.6 Å². The van der Waals surface area contributed by atoms with E-state index in [-0.39, 0.29) is 10.8 Å². The van der Waals surface area contributed by atoms with Crippen molar-refractivity contribution in [3.8, 4) is 0 Å². The monoisotopic (exact) mass is 309 g/mol. The van der Waals surface area contributed by atoms with Crippen LogP contribution >= 0.6 is 11.6 Å². The third-order valence-corrected chi connectivity index (χ3v) is 5.70. The van der Waals surface area contributed by atoms with Crippen molar-refractivity contribution in [1.29, 1.82) is 0 Å². The Kier molecular flexibility index (Phi) is 4.85. The topological polar surface area (TPSA) is 12.0 Å². The molecule has 1 N–H and O–H groups in total. The zero-order chi connectivity index (χ0) is 14.8. The van der Waals surface area contributed by atoms with E-state index in [2.05, 4.69) is 12.2 Å². The van der Waals surface area contributed by atoms with E-state index in [1.165, 1.54) is 38.2 Å². The van der Waals surface area contributed by atoms with Gasteiger partial charge in [0, 0.05) is 6.04 Å². The molecule has 2 fully saturated rings. The molecule has 21 heavy (non-hydrogen) atoms. The molecule has 0 aromatic heterocycles. The molecule has 3 rings (SSSR count). The molecule has 2 saturated carbocycles. The molecule has 1 aromatic rings. The summed E-state index contributed by atoms with van der Waals surface area (Å²) in [6.07, 6.45) is 7.97. The molecule has 1 aromatic carbocycles. The minimum atomic E-state index is -0.324. The first-order chi connectivity index (χ1) is 10.2. The van der Waals surface area contributed by atoms with Gasteiger partial charge in [0.1, 0.15) is 5.82 Å². The van der Waals surface area contributed by atoms with Gasteiger partial charge in [-0.15, -0.1) is 0 Å². The van der Waals surface area contributed by atoms with Crippen molar-refractivity contribution in [3.63, 3.8) is 0 Å². The second kappa shape index (κ2) is 6.66. The van der Waals surface area contributed by atoms with Crippen LogP contribution in [0.25, 0.3) is 0 Å². The highest BCUT2D eigenvalue weighted by molar-refractivity contribution is 6.30. The van der Waals surface area contributed by atoms with Gasteiger partial charge in [-0.3, -0.25) is 0 Å². The fourth-order valence-corrected chi connectivity index (χ4v) is 4.54. The predicted octanol–water partition coefficient (Wildman–Crippen LogP) is 5.35. The second-order valence-corrected chi connectivity index (χ2v) is 7.26. The van der Waals surface area contributed by atoms with Crippen molar-refractivity contribution < 1.29 is 4.39 Å². The molecule has 2 aliphatic rings. The Morgan fingerprint density at radius 1 is 1.33 bits per heavy atom. The fraction of sp³-hybridized carbons (Fsp3) is 0.667. The third-order valence-electron chi connectivity index (χ3n) is 5.41. The van der Waals surface area contributed by atoms with Gasteiger partial charge in [-0.25, -0.2) is 4.39 Å². The molecule has 0 heterocycles. The number of benzene rings is 1. The van der Waals surface area contributed by atoms with Gasteiger partial charge < -0.3 is 5.32 Å². The van der Waals surface area contributed by atoms with Crippen LogP contribution in [0.5, 0.6) is 0 Å². The summed E-state index contributed by atoms with van der Waals surface area (Å²) in [5.74, 6) is 2.41. The van der Waals surface area contributed by atoms with Crippen LogP contribution in [0.4, 0.5) is 4.39 Å². The predicted molar refractivity (Wildman–Crippen MR) is 86.0 cm³/mol. The van der Waals surface area contributed by atoms with Gasteiger partial charge in [0.05, 0.1) is 5.02 Å². The molecule has 0 spiro atoms. The lowest BCUT2D eigenvalue weighted by Crippen LogP contribution is -2.26. The minimum absolute atomic E-state index is 0.240. The summed E-state index contributed by atoms with van der Waals surface area (Å²) in [5, 5.41) is 3.88. The zero-order valence-electron chi connectivity index (χ0n) is 12.7. The van der Waals surface area contributed by atoms with Crippen LogP contribution in [-0.2, 0) is 0 Å². The molecule has 2 aliphatic carbocycles. The smallest absolute Gasteiger partial charge is 0.141 e. The Hall–Kier alpha value is -0.600. The number of rotatable bonds is 6. The Labute approximate surface area is 132 Å². The standard InChI is InChI=1S/C18H25ClFN/c1-2-7-21-18(14-5-6-17(20)16(19)10-14)11-15-9-12-3-4-13(15)8-12/h5-6,10,12-13,15,18,21H,2-4,7-9,11H2,1H3. The number of hydrogen-bond donors (Lipinski definition) is 1. The van der Waals surface area contributed by atoms with E-state index < -0.39 is 0 Å². The molecule has 2 bridgehead atoms. The van der Waals surface area contributed by atoms with Crippen molar-refractivity contribution in [2.45, 2.75) is 51.5 Å². The van der Waals surface area contributed by atoms with Gasteiger partial charge in [0.2, 0.25) is 0 Å². The molecule has 0 amide bonds. The van der Waals surface area contributed by atoms with Crippen LogP contribution in [0.1, 0.15) is 57.1 Å². The van der Waals surface area contributed by atoms with Gasteiger partial charge >= 0.3 is 0 Å². The summed E-state index contributed by atoms with van der Waals surface area (Å²) in [4.78, 5) is 0. The fourth-order valence-electron chi connectivity index (χ4n) is 4.35. The van der Waals surface area contributed by atoms with Crippen LogP contribution in [0.3, 0.4) is 0 Å². The number of halogens is 2. The highest BCUT2D eigenvalue weighted by Crippen LogP contribution is 2.51. The van der Waals surface area contributed by atoms with Crippen molar-refractivity contribution in [2.24, 2.45) is 17.8 Å². The Balaban J connectivity index is 1.72. The van der Waals surface area contributed by atoms with Crippen molar-refractivity contribution in [1.82, 2.24) is 5.32 Å². The Bertz CT molecular complexity index is 490. The first kappa shape index (κ1) is 15.3. The van der Waals surface area contributed by atoms with Crippen molar-refractivity contribution >= 4 is 11.6 Å². The second-order valence-electron chi connectivity index (χ2n) is 6.85. The van der Waals surface area contributed by atoms with Crippen LogP contribution in [0, 0.1) is 23.6 Å². The molecular formula is C18H25ClFN. The zero-order valence-corrected chi connectivity index (χ0v) is 13.5. The molecular weight excluding hydrogens is 285 g/mol. The SMILES string of the molecule is CCCNC(CC1CC2CCC1C2)c1ccc(F)c(Cl)c1. The molecule has 0 radical (unpaired) electrons. The van der Waals surface area contributed by atoms with Crippen LogP contribution in [0.15, 0.2) is 18.2 Å². The lowest BCUT2D eigenvalue weighted by molar-refractivity contribution is 0.279. The first-order valence-electron chi connectivity index (χ1n) is 8.35. The third kappa shape index (κ3) is 3.43. The quantitative estimate of drug-likeness (QED) is 0.747. The summed E-state index contributed by atoms with van der Waals surface area (Å²) < 4.78 is 13.4. The van der Waals surface area contributed by atoms with Gasteiger partial charge in [0.25, 0.3) is 0 Å². The first-order valence-corrected chi connectivity index (χ1v) is 8.73. The Morgan fingerprint density at radius 3 is 2.81 bits per heavy atom. The molecule has 0 saturated heterocycles. The Morgan fingerprint density at radius 2 is 2.19 bits per heavy atom.